The molecule has 0 saturated carbocycles. The van der Waals surface area contributed by atoms with Crippen molar-refractivity contribution in [3.8, 4) is 5.75 Å². The van der Waals surface area contributed by atoms with Gasteiger partial charge in [0, 0.05) is 5.56 Å². The third-order valence-corrected chi connectivity index (χ3v) is 2.55. The lowest BCUT2D eigenvalue weighted by Gasteiger charge is -2.14. The average molecular weight is 222 g/mol. The van der Waals surface area contributed by atoms with E-state index in [9.17, 15) is 0 Å². The van der Waals surface area contributed by atoms with Gasteiger partial charge in [0.1, 0.15) is 5.75 Å². The van der Waals surface area contributed by atoms with Crippen molar-refractivity contribution >= 4 is 0 Å². The normalized spacial score (nSPS) is 11.2. The summed E-state index contributed by atoms with van der Waals surface area (Å²) in [7, 11) is 1.71. The maximum absolute atomic E-state index is 5.59. The summed E-state index contributed by atoms with van der Waals surface area (Å²) in [5.41, 5.74) is 2.41. The van der Waals surface area contributed by atoms with Crippen LogP contribution in [-0.2, 0) is 11.3 Å². The smallest absolute Gasteiger partial charge is 0.124 e. The van der Waals surface area contributed by atoms with Crippen molar-refractivity contribution in [1.29, 1.82) is 0 Å². The second kappa shape index (κ2) is 5.90. The second-order valence-electron chi connectivity index (χ2n) is 4.59. The lowest BCUT2D eigenvalue weighted by molar-refractivity contribution is 0.0644. The van der Waals surface area contributed by atoms with Crippen LogP contribution in [0.5, 0.6) is 5.75 Å². The molecule has 90 valence electrons. The van der Waals surface area contributed by atoms with Crippen molar-refractivity contribution in [2.75, 3.05) is 7.11 Å². The lowest BCUT2D eigenvalue weighted by Crippen LogP contribution is -2.04. The van der Waals surface area contributed by atoms with Gasteiger partial charge in [0.15, 0.2) is 0 Å². The third-order valence-electron chi connectivity index (χ3n) is 2.55. The number of methoxy groups -OCH3 is 1. The van der Waals surface area contributed by atoms with E-state index in [-0.39, 0.29) is 6.10 Å². The van der Waals surface area contributed by atoms with E-state index in [1.165, 1.54) is 5.56 Å². The van der Waals surface area contributed by atoms with E-state index in [1.54, 1.807) is 7.11 Å². The highest BCUT2D eigenvalue weighted by molar-refractivity contribution is 5.38. The minimum Gasteiger partial charge on any atom is -0.496 e. The Labute approximate surface area is 98.6 Å². The molecule has 0 radical (unpaired) electrons. The number of ether oxygens (including phenoxy) is 2. The van der Waals surface area contributed by atoms with Crippen LogP contribution in [0.3, 0.4) is 0 Å². The summed E-state index contributed by atoms with van der Waals surface area (Å²) >= 11 is 0. The molecule has 0 aliphatic carbocycles. The van der Waals surface area contributed by atoms with Gasteiger partial charge in [-0.1, -0.05) is 26.0 Å². The summed E-state index contributed by atoms with van der Waals surface area (Å²) in [6, 6.07) is 6.34. The molecule has 1 aromatic carbocycles. The molecule has 0 N–H and O–H groups in total. The average Bonchev–Trinajstić information content (AvgIpc) is 2.25. The number of benzene rings is 1. The molecule has 0 aromatic heterocycles. The molecule has 0 bridgehead atoms. The van der Waals surface area contributed by atoms with Gasteiger partial charge in [0.25, 0.3) is 0 Å². The Morgan fingerprint density at radius 2 is 1.81 bits per heavy atom. The molecule has 16 heavy (non-hydrogen) atoms. The van der Waals surface area contributed by atoms with E-state index in [2.05, 4.69) is 32.0 Å². The van der Waals surface area contributed by atoms with Crippen LogP contribution in [0.25, 0.3) is 0 Å². The van der Waals surface area contributed by atoms with E-state index in [4.69, 9.17) is 9.47 Å². The zero-order valence-corrected chi connectivity index (χ0v) is 10.9. The molecule has 1 aromatic rings. The van der Waals surface area contributed by atoms with E-state index < -0.39 is 0 Å². The summed E-state index contributed by atoms with van der Waals surface area (Å²) < 4.78 is 11.0. The van der Waals surface area contributed by atoms with Crippen molar-refractivity contribution < 1.29 is 9.47 Å². The lowest BCUT2D eigenvalue weighted by atomic mass is 10.0. The van der Waals surface area contributed by atoms with Gasteiger partial charge in [-0.15, -0.1) is 0 Å². The summed E-state index contributed by atoms with van der Waals surface area (Å²) in [6.45, 7) is 9.04. The van der Waals surface area contributed by atoms with Crippen LogP contribution < -0.4 is 4.74 Å². The first-order valence-corrected chi connectivity index (χ1v) is 5.83. The molecule has 0 amide bonds. The molecule has 0 spiro atoms. The Kier molecular flexibility index (Phi) is 4.81. The SMILES string of the molecule is COc1cc(C(C)C)ccc1COC(C)C. The fraction of sp³-hybridized carbons (Fsp3) is 0.571. The number of hydrogen-bond acceptors (Lipinski definition) is 2. The van der Waals surface area contributed by atoms with Gasteiger partial charge >= 0.3 is 0 Å². The van der Waals surface area contributed by atoms with Crippen molar-refractivity contribution in [2.45, 2.75) is 46.3 Å². The van der Waals surface area contributed by atoms with Crippen LogP contribution in [-0.4, -0.2) is 13.2 Å². The minimum absolute atomic E-state index is 0.245. The summed E-state index contributed by atoms with van der Waals surface area (Å²) in [5, 5.41) is 0. The van der Waals surface area contributed by atoms with Gasteiger partial charge in [-0.2, -0.15) is 0 Å². The first-order chi connectivity index (χ1) is 7.54. The van der Waals surface area contributed by atoms with Crippen LogP contribution in [0.2, 0.25) is 0 Å². The van der Waals surface area contributed by atoms with Crippen LogP contribution in [0.1, 0.15) is 44.7 Å². The maximum atomic E-state index is 5.59. The fourth-order valence-corrected chi connectivity index (χ4v) is 1.50. The topological polar surface area (TPSA) is 18.5 Å². The highest BCUT2D eigenvalue weighted by Crippen LogP contribution is 2.25. The van der Waals surface area contributed by atoms with Crippen molar-refractivity contribution in [1.82, 2.24) is 0 Å². The molecule has 0 heterocycles. The molecule has 0 aliphatic rings. The van der Waals surface area contributed by atoms with Crippen molar-refractivity contribution in [3.05, 3.63) is 29.3 Å². The molecule has 1 rings (SSSR count). The predicted octanol–water partition coefficient (Wildman–Crippen LogP) is 3.74. The van der Waals surface area contributed by atoms with E-state index in [0.717, 1.165) is 11.3 Å². The number of hydrogen-bond donors (Lipinski definition) is 0. The van der Waals surface area contributed by atoms with Crippen LogP contribution in [0.15, 0.2) is 18.2 Å². The van der Waals surface area contributed by atoms with Crippen LogP contribution >= 0.6 is 0 Å². The van der Waals surface area contributed by atoms with Crippen molar-refractivity contribution in [3.63, 3.8) is 0 Å². The Bertz CT molecular complexity index is 330. The quantitative estimate of drug-likeness (QED) is 0.755. The minimum atomic E-state index is 0.245. The Hall–Kier alpha value is -1.02. The van der Waals surface area contributed by atoms with Gasteiger partial charge in [0.2, 0.25) is 0 Å². The molecule has 0 atom stereocenters. The molecular formula is C14H22O2. The molecule has 0 aliphatic heterocycles. The van der Waals surface area contributed by atoms with Gasteiger partial charge in [0.05, 0.1) is 19.8 Å². The maximum Gasteiger partial charge on any atom is 0.124 e. The first kappa shape index (κ1) is 13.0. The summed E-state index contributed by atoms with van der Waals surface area (Å²) in [4.78, 5) is 0. The van der Waals surface area contributed by atoms with E-state index in [0.29, 0.717) is 12.5 Å². The number of rotatable bonds is 5. The van der Waals surface area contributed by atoms with Gasteiger partial charge < -0.3 is 9.47 Å². The zero-order valence-electron chi connectivity index (χ0n) is 10.9. The Balaban J connectivity index is 2.84. The second-order valence-corrected chi connectivity index (χ2v) is 4.59. The van der Waals surface area contributed by atoms with Crippen LogP contribution in [0, 0.1) is 0 Å². The fourth-order valence-electron chi connectivity index (χ4n) is 1.50. The van der Waals surface area contributed by atoms with E-state index in [1.807, 2.05) is 13.8 Å². The van der Waals surface area contributed by atoms with Crippen molar-refractivity contribution in [2.24, 2.45) is 0 Å². The highest BCUT2D eigenvalue weighted by atomic mass is 16.5. The molecule has 2 nitrogen and oxygen atoms in total. The standard InChI is InChI=1S/C14H22O2/c1-10(2)12-6-7-13(9-16-11(3)4)14(8-12)15-5/h6-8,10-11H,9H2,1-5H3. The predicted molar refractivity (Wildman–Crippen MR) is 67.0 cm³/mol. The molecule has 0 unspecified atom stereocenters. The molecular weight excluding hydrogens is 200 g/mol. The largest absolute Gasteiger partial charge is 0.496 e. The van der Waals surface area contributed by atoms with E-state index >= 15 is 0 Å². The monoisotopic (exact) mass is 222 g/mol. The Morgan fingerprint density at radius 3 is 2.31 bits per heavy atom. The highest BCUT2D eigenvalue weighted by Gasteiger charge is 2.07. The van der Waals surface area contributed by atoms with Gasteiger partial charge in [-0.25, -0.2) is 0 Å². The Morgan fingerprint density at radius 1 is 1.12 bits per heavy atom. The summed E-state index contributed by atoms with van der Waals surface area (Å²) in [6.07, 6.45) is 0.245. The summed E-state index contributed by atoms with van der Waals surface area (Å²) in [5.74, 6) is 1.45. The third kappa shape index (κ3) is 3.53. The van der Waals surface area contributed by atoms with Gasteiger partial charge in [-0.3, -0.25) is 0 Å². The molecule has 2 heteroatoms. The van der Waals surface area contributed by atoms with Gasteiger partial charge in [-0.05, 0) is 31.4 Å². The molecule has 0 fully saturated rings. The van der Waals surface area contributed by atoms with Crippen LogP contribution in [0.4, 0.5) is 0 Å². The molecule has 0 saturated heterocycles. The first-order valence-electron chi connectivity index (χ1n) is 5.83. The zero-order chi connectivity index (χ0) is 12.1.